The van der Waals surface area contributed by atoms with E-state index < -0.39 is 17.2 Å². The number of ether oxygens (including phenoxy) is 1. The maximum atomic E-state index is 12.6. The number of hydrogen-bond donors (Lipinski definition) is 0. The molecule has 0 aliphatic rings. The Morgan fingerprint density at radius 2 is 1.89 bits per heavy atom. The van der Waals surface area contributed by atoms with Gasteiger partial charge in [0.15, 0.2) is 0 Å². The molecule has 8 heteroatoms. The summed E-state index contributed by atoms with van der Waals surface area (Å²) >= 11 is 5.51. The van der Waals surface area contributed by atoms with Gasteiger partial charge in [-0.25, -0.2) is 9.97 Å². The smallest absolute Gasteiger partial charge is 0.433 e. The standard InChI is InChI=1S/C11H7ClF3N3O/c1-19-7-2-6(4-16-5-7)8-3-9(11(13,14)15)18-10(12)17-8/h2-5H,1H3. The van der Waals surface area contributed by atoms with E-state index in [2.05, 4.69) is 15.0 Å². The highest BCUT2D eigenvalue weighted by molar-refractivity contribution is 6.28. The molecule has 19 heavy (non-hydrogen) atoms. The third-order valence-electron chi connectivity index (χ3n) is 2.23. The predicted octanol–water partition coefficient (Wildman–Crippen LogP) is 3.22. The van der Waals surface area contributed by atoms with Crippen molar-refractivity contribution in [3.8, 4) is 17.0 Å². The largest absolute Gasteiger partial charge is 0.495 e. The minimum atomic E-state index is -4.59. The van der Waals surface area contributed by atoms with Crippen LogP contribution in [0.3, 0.4) is 0 Å². The van der Waals surface area contributed by atoms with Crippen LogP contribution in [0.25, 0.3) is 11.3 Å². The number of rotatable bonds is 2. The third kappa shape index (κ3) is 3.11. The fraction of sp³-hybridized carbons (Fsp3) is 0.182. The zero-order valence-electron chi connectivity index (χ0n) is 9.57. The first-order chi connectivity index (χ1) is 8.90. The van der Waals surface area contributed by atoms with Gasteiger partial charge in [0.2, 0.25) is 5.28 Å². The molecule has 0 aliphatic carbocycles. The number of alkyl halides is 3. The fourth-order valence-electron chi connectivity index (χ4n) is 1.38. The van der Waals surface area contributed by atoms with Gasteiger partial charge in [-0.3, -0.25) is 4.98 Å². The number of methoxy groups -OCH3 is 1. The molecule has 0 saturated heterocycles. The molecular formula is C11H7ClF3N3O. The topological polar surface area (TPSA) is 47.9 Å². The number of hydrogen-bond acceptors (Lipinski definition) is 4. The van der Waals surface area contributed by atoms with Crippen LogP contribution in [0.4, 0.5) is 13.2 Å². The zero-order valence-corrected chi connectivity index (χ0v) is 10.3. The minimum absolute atomic E-state index is 0.0266. The van der Waals surface area contributed by atoms with Crippen LogP contribution in [0.5, 0.6) is 5.75 Å². The number of pyridine rings is 1. The Morgan fingerprint density at radius 1 is 1.16 bits per heavy atom. The van der Waals surface area contributed by atoms with Crippen LogP contribution in [0.1, 0.15) is 5.69 Å². The van der Waals surface area contributed by atoms with E-state index in [1.54, 1.807) is 0 Å². The molecule has 100 valence electrons. The molecule has 0 aromatic carbocycles. The average molecular weight is 290 g/mol. The van der Waals surface area contributed by atoms with Crippen molar-refractivity contribution in [2.75, 3.05) is 7.11 Å². The molecule has 2 aromatic rings. The van der Waals surface area contributed by atoms with Crippen molar-refractivity contribution in [2.24, 2.45) is 0 Å². The summed E-state index contributed by atoms with van der Waals surface area (Å²) in [5.74, 6) is 0.404. The van der Waals surface area contributed by atoms with Crippen molar-refractivity contribution in [1.29, 1.82) is 0 Å². The Hall–Kier alpha value is -1.89. The molecule has 0 fully saturated rings. The molecule has 0 bridgehead atoms. The van der Waals surface area contributed by atoms with Crippen LogP contribution >= 0.6 is 11.6 Å². The van der Waals surface area contributed by atoms with Crippen LogP contribution in [0.15, 0.2) is 24.5 Å². The minimum Gasteiger partial charge on any atom is -0.495 e. The zero-order chi connectivity index (χ0) is 14.0. The average Bonchev–Trinajstić information content (AvgIpc) is 2.37. The van der Waals surface area contributed by atoms with Crippen molar-refractivity contribution in [3.05, 3.63) is 35.5 Å². The molecule has 2 rings (SSSR count). The molecule has 2 aromatic heterocycles. The first-order valence-electron chi connectivity index (χ1n) is 5.01. The Morgan fingerprint density at radius 3 is 2.53 bits per heavy atom. The van der Waals surface area contributed by atoms with Crippen molar-refractivity contribution >= 4 is 11.6 Å². The molecule has 0 spiro atoms. The molecule has 0 N–H and O–H groups in total. The molecule has 2 heterocycles. The van der Waals surface area contributed by atoms with Gasteiger partial charge in [-0.1, -0.05) is 0 Å². The molecule has 4 nitrogen and oxygen atoms in total. The van der Waals surface area contributed by atoms with E-state index in [0.717, 1.165) is 6.07 Å². The highest BCUT2D eigenvalue weighted by Gasteiger charge is 2.33. The quantitative estimate of drug-likeness (QED) is 0.797. The molecule has 0 aliphatic heterocycles. The Labute approximate surface area is 111 Å². The normalized spacial score (nSPS) is 11.4. The summed E-state index contributed by atoms with van der Waals surface area (Å²) < 4.78 is 42.8. The monoisotopic (exact) mass is 289 g/mol. The van der Waals surface area contributed by atoms with Crippen LogP contribution in [-0.2, 0) is 6.18 Å². The lowest BCUT2D eigenvalue weighted by Gasteiger charge is -2.08. The van der Waals surface area contributed by atoms with Crippen molar-refractivity contribution in [2.45, 2.75) is 6.18 Å². The van der Waals surface area contributed by atoms with Gasteiger partial charge in [0.25, 0.3) is 0 Å². The van der Waals surface area contributed by atoms with Gasteiger partial charge in [-0.15, -0.1) is 0 Å². The van der Waals surface area contributed by atoms with Crippen LogP contribution in [0, 0.1) is 0 Å². The first-order valence-corrected chi connectivity index (χ1v) is 5.39. The second kappa shape index (κ2) is 5.00. The van der Waals surface area contributed by atoms with E-state index in [1.165, 1.54) is 25.6 Å². The van der Waals surface area contributed by atoms with Gasteiger partial charge in [-0.2, -0.15) is 13.2 Å². The second-order valence-corrected chi connectivity index (χ2v) is 3.86. The molecular weight excluding hydrogens is 283 g/mol. The van der Waals surface area contributed by atoms with Crippen LogP contribution in [0.2, 0.25) is 5.28 Å². The summed E-state index contributed by atoms with van der Waals surface area (Å²) in [6.07, 6.45) is -1.80. The molecule has 0 saturated carbocycles. The third-order valence-corrected chi connectivity index (χ3v) is 2.40. The van der Waals surface area contributed by atoms with E-state index in [1.807, 2.05) is 0 Å². The highest BCUT2D eigenvalue weighted by atomic mass is 35.5. The molecule has 0 radical (unpaired) electrons. The maximum absolute atomic E-state index is 12.6. The van der Waals surface area contributed by atoms with Crippen molar-refractivity contribution in [1.82, 2.24) is 15.0 Å². The van der Waals surface area contributed by atoms with Gasteiger partial charge in [0, 0.05) is 11.8 Å². The lowest BCUT2D eigenvalue weighted by molar-refractivity contribution is -0.141. The Balaban J connectivity index is 2.53. The number of halogens is 4. The van der Waals surface area contributed by atoms with E-state index in [0.29, 0.717) is 11.3 Å². The SMILES string of the molecule is COc1cncc(-c2cc(C(F)(F)F)nc(Cl)n2)c1. The summed E-state index contributed by atoms with van der Waals surface area (Å²) in [6, 6.07) is 2.31. The molecule has 0 unspecified atom stereocenters. The van der Waals surface area contributed by atoms with Crippen molar-refractivity contribution in [3.63, 3.8) is 0 Å². The lowest BCUT2D eigenvalue weighted by atomic mass is 10.2. The van der Waals surface area contributed by atoms with Gasteiger partial charge in [0.1, 0.15) is 11.4 Å². The van der Waals surface area contributed by atoms with E-state index in [4.69, 9.17) is 16.3 Å². The highest BCUT2D eigenvalue weighted by Crippen LogP contribution is 2.31. The predicted molar refractivity (Wildman–Crippen MR) is 61.8 cm³/mol. The number of aromatic nitrogens is 3. The summed E-state index contributed by atoms with van der Waals surface area (Å²) in [6.45, 7) is 0. The Kier molecular flexibility index (Phi) is 3.57. The van der Waals surface area contributed by atoms with Crippen LogP contribution < -0.4 is 4.74 Å². The van der Waals surface area contributed by atoms with E-state index >= 15 is 0 Å². The van der Waals surface area contributed by atoms with Crippen LogP contribution in [-0.4, -0.2) is 22.1 Å². The Bertz CT molecular complexity index is 604. The van der Waals surface area contributed by atoms with Gasteiger partial charge < -0.3 is 4.74 Å². The summed E-state index contributed by atoms with van der Waals surface area (Å²) in [5, 5.41) is -0.479. The summed E-state index contributed by atoms with van der Waals surface area (Å²) in [7, 11) is 1.43. The molecule has 0 atom stereocenters. The van der Waals surface area contributed by atoms with Gasteiger partial charge >= 0.3 is 6.18 Å². The summed E-state index contributed by atoms with van der Waals surface area (Å²) in [4.78, 5) is 10.7. The maximum Gasteiger partial charge on any atom is 0.433 e. The first kappa shape index (κ1) is 13.5. The van der Waals surface area contributed by atoms with Gasteiger partial charge in [-0.05, 0) is 23.7 Å². The summed E-state index contributed by atoms with van der Waals surface area (Å²) in [5.41, 5.74) is -0.724. The lowest BCUT2D eigenvalue weighted by Crippen LogP contribution is -2.09. The second-order valence-electron chi connectivity index (χ2n) is 3.52. The molecule has 0 amide bonds. The number of nitrogens with zero attached hydrogens (tertiary/aromatic N) is 3. The van der Waals surface area contributed by atoms with Crippen molar-refractivity contribution < 1.29 is 17.9 Å². The fourth-order valence-corrected chi connectivity index (χ4v) is 1.56. The van der Waals surface area contributed by atoms with E-state index in [-0.39, 0.29) is 5.69 Å². The van der Waals surface area contributed by atoms with Gasteiger partial charge in [0.05, 0.1) is 19.0 Å². The van der Waals surface area contributed by atoms with E-state index in [9.17, 15) is 13.2 Å².